The number of carbonyl (C=O) groups excluding carboxylic acids is 2. The van der Waals surface area contributed by atoms with Gasteiger partial charge in [-0.25, -0.2) is 18.9 Å². The van der Waals surface area contributed by atoms with Gasteiger partial charge in [0, 0.05) is 19.6 Å². The summed E-state index contributed by atoms with van der Waals surface area (Å²) in [6.45, 7) is 3.67. The van der Waals surface area contributed by atoms with Crippen LogP contribution in [-0.2, 0) is 13.1 Å². The molecular weight excluding hydrogens is 340 g/mol. The number of hydrogen-bond donors (Lipinski definition) is 2. The predicted molar refractivity (Wildman–Crippen MR) is 87.0 cm³/mol. The van der Waals surface area contributed by atoms with Crippen molar-refractivity contribution in [2.24, 2.45) is 0 Å². The fourth-order valence-corrected chi connectivity index (χ4v) is 2.71. The predicted octanol–water partition coefficient (Wildman–Crippen LogP) is -0.124. The number of nitrogens with one attached hydrogen (secondary N) is 2. The standard InChI is InChI=1S/C15H16N8O3/c1-9-13(21-26-20-9)14(24)17-6-11-8-23-12(19-11)4-10(5-18-23)7-22-3-2-16-15(22)25/h4-5,8H,2-3,6-7H2,1H3,(H,16,25)(H,17,24). The van der Waals surface area contributed by atoms with Gasteiger partial charge in [-0.05, 0) is 23.7 Å². The largest absolute Gasteiger partial charge is 0.345 e. The molecule has 0 spiro atoms. The molecule has 0 atom stereocenters. The number of fused-ring (bicyclic) bond motifs is 1. The molecule has 0 aromatic carbocycles. The van der Waals surface area contributed by atoms with E-state index >= 15 is 0 Å². The monoisotopic (exact) mass is 356 g/mol. The lowest BCUT2D eigenvalue weighted by atomic mass is 10.3. The van der Waals surface area contributed by atoms with E-state index in [2.05, 4.69) is 35.7 Å². The minimum atomic E-state index is -0.380. The number of amides is 3. The normalized spacial score (nSPS) is 14.0. The van der Waals surface area contributed by atoms with Gasteiger partial charge in [0.2, 0.25) is 0 Å². The van der Waals surface area contributed by atoms with Crippen molar-refractivity contribution in [2.75, 3.05) is 13.1 Å². The van der Waals surface area contributed by atoms with Crippen LogP contribution in [0.2, 0.25) is 0 Å². The molecule has 0 aliphatic carbocycles. The van der Waals surface area contributed by atoms with Crippen LogP contribution >= 0.6 is 0 Å². The summed E-state index contributed by atoms with van der Waals surface area (Å²) >= 11 is 0. The second-order valence-corrected chi connectivity index (χ2v) is 5.93. The van der Waals surface area contributed by atoms with E-state index < -0.39 is 0 Å². The van der Waals surface area contributed by atoms with Gasteiger partial charge in [-0.15, -0.1) is 0 Å². The van der Waals surface area contributed by atoms with Gasteiger partial charge in [0.05, 0.1) is 24.6 Å². The van der Waals surface area contributed by atoms with Gasteiger partial charge in [0.25, 0.3) is 5.91 Å². The topological polar surface area (TPSA) is 131 Å². The van der Waals surface area contributed by atoms with Gasteiger partial charge in [-0.2, -0.15) is 5.10 Å². The van der Waals surface area contributed by atoms with Crippen LogP contribution in [0.3, 0.4) is 0 Å². The fourth-order valence-electron chi connectivity index (χ4n) is 2.71. The molecule has 1 fully saturated rings. The summed E-state index contributed by atoms with van der Waals surface area (Å²) < 4.78 is 6.14. The van der Waals surface area contributed by atoms with E-state index in [1.807, 2.05) is 6.07 Å². The summed E-state index contributed by atoms with van der Waals surface area (Å²) in [6.07, 6.45) is 3.43. The van der Waals surface area contributed by atoms with E-state index in [-0.39, 0.29) is 24.2 Å². The molecule has 11 heteroatoms. The minimum absolute atomic E-state index is 0.0748. The Labute approximate surface area is 147 Å². The molecule has 0 bridgehead atoms. The maximum absolute atomic E-state index is 12.0. The number of aromatic nitrogens is 5. The zero-order chi connectivity index (χ0) is 18.1. The third-order valence-electron chi connectivity index (χ3n) is 4.04. The molecule has 1 aliphatic rings. The Bertz CT molecular complexity index is 978. The second kappa shape index (κ2) is 6.43. The highest BCUT2D eigenvalue weighted by atomic mass is 16.6. The van der Waals surface area contributed by atoms with Crippen molar-refractivity contribution >= 4 is 17.6 Å². The molecule has 11 nitrogen and oxygen atoms in total. The zero-order valence-corrected chi connectivity index (χ0v) is 14.0. The van der Waals surface area contributed by atoms with Crippen LogP contribution in [0.25, 0.3) is 5.65 Å². The third-order valence-corrected chi connectivity index (χ3v) is 4.04. The first-order chi connectivity index (χ1) is 12.6. The molecule has 4 heterocycles. The van der Waals surface area contributed by atoms with Crippen LogP contribution < -0.4 is 10.6 Å². The van der Waals surface area contributed by atoms with Crippen molar-refractivity contribution < 1.29 is 14.2 Å². The van der Waals surface area contributed by atoms with Gasteiger partial charge >= 0.3 is 6.03 Å². The quantitative estimate of drug-likeness (QED) is 0.651. The highest BCUT2D eigenvalue weighted by molar-refractivity contribution is 5.92. The Hall–Kier alpha value is -3.50. The zero-order valence-electron chi connectivity index (χ0n) is 14.0. The van der Waals surface area contributed by atoms with Crippen LogP contribution in [0, 0.1) is 6.92 Å². The number of nitrogens with zero attached hydrogens (tertiary/aromatic N) is 6. The smallest absolute Gasteiger partial charge is 0.317 e. The van der Waals surface area contributed by atoms with Crippen molar-refractivity contribution in [3.63, 3.8) is 0 Å². The van der Waals surface area contributed by atoms with Crippen molar-refractivity contribution in [2.45, 2.75) is 20.0 Å². The highest BCUT2D eigenvalue weighted by Gasteiger charge is 2.20. The molecule has 0 unspecified atom stereocenters. The lowest BCUT2D eigenvalue weighted by Crippen LogP contribution is -2.27. The molecule has 0 radical (unpaired) electrons. The maximum Gasteiger partial charge on any atom is 0.317 e. The average Bonchev–Trinajstić information content (AvgIpc) is 3.33. The van der Waals surface area contributed by atoms with E-state index in [0.717, 1.165) is 5.56 Å². The average molecular weight is 356 g/mol. The Balaban J connectivity index is 1.44. The molecule has 26 heavy (non-hydrogen) atoms. The number of imidazole rings is 1. The van der Waals surface area contributed by atoms with Crippen LogP contribution in [0.1, 0.15) is 27.4 Å². The maximum atomic E-state index is 12.0. The molecule has 2 N–H and O–H groups in total. The SMILES string of the molecule is Cc1nonc1C(=O)NCc1cn2ncc(CN3CCNC3=O)cc2n1. The number of carbonyl (C=O) groups is 2. The van der Waals surface area contributed by atoms with Gasteiger partial charge in [-0.3, -0.25) is 4.79 Å². The molecule has 4 rings (SSSR count). The van der Waals surface area contributed by atoms with Crippen molar-refractivity contribution in [1.29, 1.82) is 0 Å². The van der Waals surface area contributed by atoms with E-state index in [1.165, 1.54) is 0 Å². The number of rotatable bonds is 5. The molecule has 1 aliphatic heterocycles. The summed E-state index contributed by atoms with van der Waals surface area (Å²) in [4.78, 5) is 29.8. The van der Waals surface area contributed by atoms with Crippen molar-refractivity contribution in [3.8, 4) is 0 Å². The van der Waals surface area contributed by atoms with Gasteiger partial charge in [0.15, 0.2) is 11.3 Å². The van der Waals surface area contributed by atoms with E-state index in [4.69, 9.17) is 0 Å². The molecule has 1 saturated heterocycles. The lowest BCUT2D eigenvalue weighted by Gasteiger charge is -2.13. The molecule has 134 valence electrons. The molecule has 3 aromatic rings. The van der Waals surface area contributed by atoms with Gasteiger partial charge in [0.1, 0.15) is 5.69 Å². The first-order valence-corrected chi connectivity index (χ1v) is 8.03. The summed E-state index contributed by atoms with van der Waals surface area (Å²) in [5.41, 5.74) is 2.76. The second-order valence-electron chi connectivity index (χ2n) is 5.93. The van der Waals surface area contributed by atoms with Crippen LogP contribution in [0.15, 0.2) is 23.1 Å². The molecule has 0 saturated carbocycles. The van der Waals surface area contributed by atoms with Crippen LogP contribution in [-0.4, -0.2) is 54.8 Å². The van der Waals surface area contributed by atoms with E-state index in [0.29, 0.717) is 36.7 Å². The minimum Gasteiger partial charge on any atom is -0.345 e. The lowest BCUT2D eigenvalue weighted by molar-refractivity contribution is 0.0940. The Morgan fingerprint density at radius 3 is 3.04 bits per heavy atom. The van der Waals surface area contributed by atoms with E-state index in [9.17, 15) is 9.59 Å². The van der Waals surface area contributed by atoms with Crippen LogP contribution in [0.4, 0.5) is 4.79 Å². The Kier molecular flexibility index (Phi) is 3.95. The fraction of sp³-hybridized carbons (Fsp3) is 0.333. The van der Waals surface area contributed by atoms with Crippen LogP contribution in [0.5, 0.6) is 0 Å². The van der Waals surface area contributed by atoms with Crippen molar-refractivity contribution in [1.82, 2.24) is 40.4 Å². The summed E-state index contributed by atoms with van der Waals surface area (Å²) in [5.74, 6) is -0.380. The molecule has 3 aromatic heterocycles. The van der Waals surface area contributed by atoms with Gasteiger partial charge < -0.3 is 15.5 Å². The Morgan fingerprint density at radius 1 is 1.42 bits per heavy atom. The summed E-state index contributed by atoms with van der Waals surface area (Å²) in [5, 5.41) is 16.9. The highest BCUT2D eigenvalue weighted by Crippen LogP contribution is 2.10. The van der Waals surface area contributed by atoms with Crippen molar-refractivity contribution in [3.05, 3.63) is 41.1 Å². The Morgan fingerprint density at radius 2 is 2.31 bits per heavy atom. The molecule has 3 amide bonds. The summed E-state index contributed by atoms with van der Waals surface area (Å²) in [7, 11) is 0. The summed E-state index contributed by atoms with van der Waals surface area (Å²) in [6, 6.07) is 1.80. The van der Waals surface area contributed by atoms with Gasteiger partial charge in [-0.1, -0.05) is 5.16 Å². The third kappa shape index (κ3) is 3.06. The first kappa shape index (κ1) is 16.0. The first-order valence-electron chi connectivity index (χ1n) is 8.03. The number of urea groups is 1. The number of aryl methyl sites for hydroxylation is 1. The molecular formula is C15H16N8O3. The van der Waals surface area contributed by atoms with E-state index in [1.54, 1.807) is 28.7 Å². The number of hydrogen-bond acceptors (Lipinski definition) is 7.